The second kappa shape index (κ2) is 10.4. The predicted octanol–water partition coefficient (Wildman–Crippen LogP) is 6.45. The first-order valence-electron chi connectivity index (χ1n) is 10.7. The van der Waals surface area contributed by atoms with Crippen molar-refractivity contribution in [2.45, 2.75) is 13.5 Å². The normalized spacial score (nSPS) is 11.4. The molecule has 6 nitrogen and oxygen atoms in total. The molecule has 0 unspecified atom stereocenters. The van der Waals surface area contributed by atoms with Gasteiger partial charge in [-0.25, -0.2) is 9.97 Å². The van der Waals surface area contributed by atoms with Crippen LogP contribution in [0.2, 0.25) is 5.02 Å². The van der Waals surface area contributed by atoms with Crippen LogP contribution in [0.1, 0.15) is 16.8 Å². The van der Waals surface area contributed by atoms with Crippen LogP contribution in [-0.2, 0) is 6.61 Å². The highest BCUT2D eigenvalue weighted by molar-refractivity contribution is 6.31. The van der Waals surface area contributed by atoms with Crippen LogP contribution < -0.4 is 9.47 Å². The zero-order valence-corrected chi connectivity index (χ0v) is 20.1. The van der Waals surface area contributed by atoms with E-state index in [1.807, 2.05) is 57.4 Å². The van der Waals surface area contributed by atoms with Crippen molar-refractivity contribution in [3.8, 4) is 17.4 Å². The smallest absolute Gasteiger partial charge is 0.219 e. The molecule has 0 radical (unpaired) electrons. The second-order valence-corrected chi connectivity index (χ2v) is 8.21. The van der Waals surface area contributed by atoms with Crippen LogP contribution >= 0.6 is 11.6 Å². The Hall–Kier alpha value is -3.90. The molecule has 0 saturated carbocycles. The highest BCUT2D eigenvalue weighted by atomic mass is 35.5. The van der Waals surface area contributed by atoms with E-state index in [-0.39, 0.29) is 6.61 Å². The number of rotatable bonds is 8. The van der Waals surface area contributed by atoms with Crippen LogP contribution in [0.5, 0.6) is 17.4 Å². The van der Waals surface area contributed by atoms with Crippen LogP contribution in [0.4, 0.5) is 0 Å². The summed E-state index contributed by atoms with van der Waals surface area (Å²) in [7, 11) is 4.01. The third-order valence-electron chi connectivity index (χ3n) is 5.15. The average Bonchev–Trinajstić information content (AvgIpc) is 2.82. The Bertz CT molecular complexity index is 1350. The summed E-state index contributed by atoms with van der Waals surface area (Å²) < 4.78 is 12.2. The number of nitrogens with zero attached hydrogens (tertiary/aromatic N) is 4. The monoisotopic (exact) mass is 472 g/mol. The third kappa shape index (κ3) is 5.02. The number of ether oxygens (including phenoxy) is 2. The van der Waals surface area contributed by atoms with Crippen molar-refractivity contribution in [1.82, 2.24) is 19.9 Å². The fourth-order valence-electron chi connectivity index (χ4n) is 3.61. The molecule has 0 aliphatic rings. The van der Waals surface area contributed by atoms with Gasteiger partial charge in [0, 0.05) is 54.9 Å². The Labute approximate surface area is 204 Å². The Balaban J connectivity index is 1.71. The van der Waals surface area contributed by atoms with Crippen LogP contribution in [0, 0.1) is 6.92 Å². The molecule has 3 heterocycles. The molecule has 0 spiro atoms. The van der Waals surface area contributed by atoms with Gasteiger partial charge in [0.25, 0.3) is 0 Å². The third-order valence-corrected chi connectivity index (χ3v) is 5.48. The Morgan fingerprint density at radius 1 is 1.12 bits per heavy atom. The number of hydrogen-bond acceptors (Lipinski definition) is 6. The van der Waals surface area contributed by atoms with E-state index < -0.39 is 0 Å². The maximum absolute atomic E-state index is 6.46. The quantitative estimate of drug-likeness (QED) is 0.275. The molecule has 4 aromatic rings. The molecule has 34 heavy (non-hydrogen) atoms. The van der Waals surface area contributed by atoms with Gasteiger partial charge in [-0.05, 0) is 31.2 Å². The van der Waals surface area contributed by atoms with E-state index in [1.165, 1.54) is 0 Å². The summed E-state index contributed by atoms with van der Waals surface area (Å²) in [4.78, 5) is 15.2. The number of fused-ring (bicyclic) bond motifs is 1. The second-order valence-electron chi connectivity index (χ2n) is 7.80. The van der Waals surface area contributed by atoms with Crippen LogP contribution in [-0.4, -0.2) is 33.9 Å². The number of allylic oxidation sites excluding steroid dienone is 2. The summed E-state index contributed by atoms with van der Waals surface area (Å²) in [5, 5.41) is 1.43. The molecule has 0 bridgehead atoms. The standard InChI is InChI=1S/C27H25ClN4O2/c1-5-9-23(32(3)4)20-14-18(2)31-27-19(20)10-8-11-24(27)33-17-21-22(28)15-29-16-25(21)34-26-12-6-7-13-30-26/h5-16H,1,17H2,2-4H3/b23-9-. The van der Waals surface area contributed by atoms with Gasteiger partial charge >= 0.3 is 0 Å². The lowest BCUT2D eigenvalue weighted by atomic mass is 10.0. The lowest BCUT2D eigenvalue weighted by Gasteiger charge is -2.20. The SMILES string of the molecule is C=C/C=C(/c1cc(C)nc2c(OCc3c(Cl)cncc3Oc3ccccn3)cccc12)N(C)C. The fourth-order valence-corrected chi connectivity index (χ4v) is 3.82. The number of benzene rings is 1. The predicted molar refractivity (Wildman–Crippen MR) is 136 cm³/mol. The van der Waals surface area contributed by atoms with Crippen molar-refractivity contribution in [2.24, 2.45) is 0 Å². The van der Waals surface area contributed by atoms with Gasteiger partial charge in [0.05, 0.1) is 16.8 Å². The van der Waals surface area contributed by atoms with Crippen LogP contribution in [0.25, 0.3) is 16.6 Å². The zero-order valence-electron chi connectivity index (χ0n) is 19.3. The minimum absolute atomic E-state index is 0.177. The van der Waals surface area contributed by atoms with Crippen molar-refractivity contribution in [3.05, 3.63) is 102 Å². The summed E-state index contributed by atoms with van der Waals surface area (Å²) in [6.45, 7) is 6.01. The van der Waals surface area contributed by atoms with Crippen molar-refractivity contribution in [1.29, 1.82) is 0 Å². The summed E-state index contributed by atoms with van der Waals surface area (Å²) in [6.07, 6.45) is 8.60. The molecule has 0 atom stereocenters. The van der Waals surface area contributed by atoms with Crippen LogP contribution in [0.15, 0.2) is 79.8 Å². The van der Waals surface area contributed by atoms with Gasteiger partial charge in [0.2, 0.25) is 5.88 Å². The van der Waals surface area contributed by atoms with Gasteiger partial charge in [0.1, 0.15) is 17.9 Å². The van der Waals surface area contributed by atoms with Crippen molar-refractivity contribution < 1.29 is 9.47 Å². The van der Waals surface area contributed by atoms with Gasteiger partial charge in [-0.15, -0.1) is 0 Å². The molecule has 3 aromatic heterocycles. The molecular formula is C27H25ClN4O2. The van der Waals surface area contributed by atoms with Gasteiger partial charge in [-0.3, -0.25) is 4.98 Å². The lowest BCUT2D eigenvalue weighted by molar-refractivity contribution is 0.302. The van der Waals surface area contributed by atoms with E-state index >= 15 is 0 Å². The number of halogens is 1. The van der Waals surface area contributed by atoms with E-state index in [1.54, 1.807) is 30.7 Å². The molecule has 0 saturated heterocycles. The number of hydrogen-bond donors (Lipinski definition) is 0. The largest absolute Gasteiger partial charge is 0.486 e. The van der Waals surface area contributed by atoms with Gasteiger partial charge < -0.3 is 14.4 Å². The first-order valence-corrected chi connectivity index (χ1v) is 11.1. The molecule has 0 N–H and O–H groups in total. The summed E-state index contributed by atoms with van der Waals surface area (Å²) >= 11 is 6.46. The number of pyridine rings is 3. The molecule has 0 aliphatic heterocycles. The maximum atomic E-state index is 6.46. The van der Waals surface area contributed by atoms with Crippen molar-refractivity contribution in [2.75, 3.05) is 14.1 Å². The molecule has 0 fully saturated rings. The molecule has 172 valence electrons. The fraction of sp³-hybridized carbons (Fsp3) is 0.148. The van der Waals surface area contributed by atoms with E-state index in [4.69, 9.17) is 26.1 Å². The molecule has 1 aromatic carbocycles. The highest BCUT2D eigenvalue weighted by Gasteiger charge is 2.16. The first kappa shape index (κ1) is 23.3. The Kier molecular flexibility index (Phi) is 7.09. The summed E-state index contributed by atoms with van der Waals surface area (Å²) in [6, 6.07) is 13.4. The molecule has 0 amide bonds. The lowest BCUT2D eigenvalue weighted by Crippen LogP contribution is -2.11. The van der Waals surface area contributed by atoms with Gasteiger partial charge in [-0.2, -0.15) is 0 Å². The van der Waals surface area contributed by atoms with E-state index in [2.05, 4.69) is 27.5 Å². The van der Waals surface area contributed by atoms with Gasteiger partial charge in [-0.1, -0.05) is 42.5 Å². The summed E-state index contributed by atoms with van der Waals surface area (Å²) in [5.74, 6) is 1.58. The number of aryl methyl sites for hydroxylation is 1. The van der Waals surface area contributed by atoms with Crippen molar-refractivity contribution >= 4 is 28.2 Å². The molecular weight excluding hydrogens is 448 g/mol. The maximum Gasteiger partial charge on any atom is 0.219 e. The van der Waals surface area contributed by atoms with E-state index in [0.717, 1.165) is 27.9 Å². The molecule has 4 rings (SSSR count). The summed E-state index contributed by atoms with van der Waals surface area (Å²) in [5.41, 5.74) is 4.42. The van der Waals surface area contributed by atoms with E-state index in [9.17, 15) is 0 Å². The zero-order chi connectivity index (χ0) is 24.1. The topological polar surface area (TPSA) is 60.4 Å². The average molecular weight is 473 g/mol. The number of para-hydroxylation sites is 1. The Morgan fingerprint density at radius 2 is 1.97 bits per heavy atom. The highest BCUT2D eigenvalue weighted by Crippen LogP contribution is 2.34. The van der Waals surface area contributed by atoms with Crippen LogP contribution in [0.3, 0.4) is 0 Å². The molecule has 7 heteroatoms. The minimum atomic E-state index is 0.177. The Morgan fingerprint density at radius 3 is 2.71 bits per heavy atom. The van der Waals surface area contributed by atoms with Crippen molar-refractivity contribution in [3.63, 3.8) is 0 Å². The molecule has 0 aliphatic carbocycles. The minimum Gasteiger partial charge on any atom is -0.486 e. The van der Waals surface area contributed by atoms with E-state index in [0.29, 0.717) is 28.0 Å². The van der Waals surface area contributed by atoms with Gasteiger partial charge in [0.15, 0.2) is 5.75 Å². The first-order chi connectivity index (χ1) is 16.5. The number of aromatic nitrogens is 3.